The van der Waals surface area contributed by atoms with Crippen molar-refractivity contribution in [2.75, 3.05) is 6.54 Å². The summed E-state index contributed by atoms with van der Waals surface area (Å²) in [4.78, 5) is 11.9. The molecule has 3 N–H and O–H groups in total. The van der Waals surface area contributed by atoms with Crippen LogP contribution < -0.4 is 11.1 Å². The summed E-state index contributed by atoms with van der Waals surface area (Å²) >= 11 is 0. The summed E-state index contributed by atoms with van der Waals surface area (Å²) in [6.07, 6.45) is 6.94. The van der Waals surface area contributed by atoms with Crippen LogP contribution in [0.4, 0.5) is 0 Å². The third-order valence-corrected chi connectivity index (χ3v) is 4.32. The lowest BCUT2D eigenvalue weighted by molar-refractivity contribution is -0.124. The SMILES string of the molecule is CC(N)CCCC(C)C(=O)NCC1CCCC1C. The standard InChI is InChI=1S/C15H30N2O/c1-11-6-5-9-14(11)10-17-15(18)12(2)7-4-8-13(3)16/h11-14H,4-10,16H2,1-3H3,(H,17,18). The van der Waals surface area contributed by atoms with Gasteiger partial charge in [-0.2, -0.15) is 0 Å². The Labute approximate surface area is 112 Å². The molecular formula is C15H30N2O. The van der Waals surface area contributed by atoms with Gasteiger partial charge in [0.1, 0.15) is 0 Å². The maximum atomic E-state index is 11.9. The van der Waals surface area contributed by atoms with Crippen LogP contribution in [-0.2, 0) is 4.79 Å². The summed E-state index contributed by atoms with van der Waals surface area (Å²) in [7, 11) is 0. The van der Waals surface area contributed by atoms with E-state index in [-0.39, 0.29) is 17.9 Å². The molecule has 0 spiro atoms. The molecule has 0 bridgehead atoms. The summed E-state index contributed by atoms with van der Waals surface area (Å²) in [5.74, 6) is 1.82. The Bertz CT molecular complexity index is 253. The van der Waals surface area contributed by atoms with Gasteiger partial charge in [-0.1, -0.05) is 33.1 Å². The molecule has 1 amide bonds. The first-order chi connectivity index (χ1) is 8.50. The van der Waals surface area contributed by atoms with E-state index < -0.39 is 0 Å². The van der Waals surface area contributed by atoms with Crippen LogP contribution in [0.3, 0.4) is 0 Å². The van der Waals surface area contributed by atoms with Gasteiger partial charge in [-0.25, -0.2) is 0 Å². The van der Waals surface area contributed by atoms with Crippen LogP contribution in [-0.4, -0.2) is 18.5 Å². The maximum Gasteiger partial charge on any atom is 0.222 e. The Hall–Kier alpha value is -0.570. The molecule has 0 aromatic rings. The Balaban J connectivity index is 2.15. The highest BCUT2D eigenvalue weighted by atomic mass is 16.1. The minimum atomic E-state index is 0.125. The van der Waals surface area contributed by atoms with Crippen LogP contribution in [0.2, 0.25) is 0 Å². The highest BCUT2D eigenvalue weighted by molar-refractivity contribution is 5.78. The molecule has 1 fully saturated rings. The first-order valence-corrected chi connectivity index (χ1v) is 7.54. The van der Waals surface area contributed by atoms with Gasteiger partial charge < -0.3 is 11.1 Å². The van der Waals surface area contributed by atoms with E-state index in [2.05, 4.69) is 12.2 Å². The van der Waals surface area contributed by atoms with Crippen molar-refractivity contribution >= 4 is 5.91 Å². The lowest BCUT2D eigenvalue weighted by Gasteiger charge is -2.18. The fourth-order valence-electron chi connectivity index (χ4n) is 2.81. The minimum absolute atomic E-state index is 0.125. The predicted octanol–water partition coefficient (Wildman–Crippen LogP) is 2.69. The number of hydrogen-bond donors (Lipinski definition) is 2. The van der Waals surface area contributed by atoms with E-state index in [0.29, 0.717) is 5.92 Å². The van der Waals surface area contributed by atoms with Crippen molar-refractivity contribution in [2.45, 2.75) is 65.3 Å². The van der Waals surface area contributed by atoms with Gasteiger partial charge in [0, 0.05) is 18.5 Å². The van der Waals surface area contributed by atoms with Gasteiger partial charge in [-0.3, -0.25) is 4.79 Å². The van der Waals surface area contributed by atoms with Crippen LogP contribution >= 0.6 is 0 Å². The lowest BCUT2D eigenvalue weighted by atomic mass is 9.97. The molecule has 4 unspecified atom stereocenters. The van der Waals surface area contributed by atoms with Crippen LogP contribution in [0.1, 0.15) is 59.3 Å². The largest absolute Gasteiger partial charge is 0.356 e. The normalized spacial score (nSPS) is 26.9. The molecular weight excluding hydrogens is 224 g/mol. The zero-order valence-electron chi connectivity index (χ0n) is 12.2. The highest BCUT2D eigenvalue weighted by Crippen LogP contribution is 2.30. The van der Waals surface area contributed by atoms with Crippen molar-refractivity contribution in [3.8, 4) is 0 Å². The number of amides is 1. The molecule has 0 heterocycles. The zero-order chi connectivity index (χ0) is 13.5. The topological polar surface area (TPSA) is 55.1 Å². The van der Waals surface area contributed by atoms with Crippen LogP contribution in [0.15, 0.2) is 0 Å². The number of rotatable bonds is 7. The van der Waals surface area contributed by atoms with Gasteiger partial charge in [-0.05, 0) is 38.0 Å². The first kappa shape index (κ1) is 15.5. The van der Waals surface area contributed by atoms with Crippen molar-refractivity contribution in [1.29, 1.82) is 0 Å². The van der Waals surface area contributed by atoms with Gasteiger partial charge in [-0.15, -0.1) is 0 Å². The van der Waals surface area contributed by atoms with Crippen LogP contribution in [0, 0.1) is 17.8 Å². The number of carbonyl (C=O) groups is 1. The van der Waals surface area contributed by atoms with E-state index in [1.807, 2.05) is 13.8 Å². The number of carbonyl (C=O) groups excluding carboxylic acids is 1. The smallest absolute Gasteiger partial charge is 0.222 e. The molecule has 18 heavy (non-hydrogen) atoms. The Morgan fingerprint density at radius 2 is 2.06 bits per heavy atom. The van der Waals surface area contributed by atoms with E-state index in [1.54, 1.807) is 0 Å². The Morgan fingerprint density at radius 3 is 2.61 bits per heavy atom. The highest BCUT2D eigenvalue weighted by Gasteiger charge is 2.24. The Morgan fingerprint density at radius 1 is 1.33 bits per heavy atom. The van der Waals surface area contributed by atoms with Crippen molar-refractivity contribution in [3.05, 3.63) is 0 Å². The zero-order valence-corrected chi connectivity index (χ0v) is 12.2. The van der Waals surface area contributed by atoms with Crippen LogP contribution in [0.25, 0.3) is 0 Å². The molecule has 3 heteroatoms. The average Bonchev–Trinajstić information content (AvgIpc) is 2.71. The molecule has 0 radical (unpaired) electrons. The lowest BCUT2D eigenvalue weighted by Crippen LogP contribution is -2.34. The fraction of sp³-hybridized carbons (Fsp3) is 0.933. The molecule has 4 atom stereocenters. The molecule has 0 saturated heterocycles. The summed E-state index contributed by atoms with van der Waals surface area (Å²) in [6, 6.07) is 0.250. The third kappa shape index (κ3) is 5.38. The van der Waals surface area contributed by atoms with Crippen LogP contribution in [0.5, 0.6) is 0 Å². The summed E-state index contributed by atoms with van der Waals surface area (Å²) in [5, 5.41) is 3.12. The first-order valence-electron chi connectivity index (χ1n) is 7.54. The van der Waals surface area contributed by atoms with Gasteiger partial charge in [0.25, 0.3) is 0 Å². The molecule has 0 aromatic heterocycles. The molecule has 0 aliphatic heterocycles. The third-order valence-electron chi connectivity index (χ3n) is 4.32. The molecule has 106 valence electrons. The molecule has 1 rings (SSSR count). The monoisotopic (exact) mass is 254 g/mol. The maximum absolute atomic E-state index is 11.9. The number of nitrogens with one attached hydrogen (secondary N) is 1. The molecule has 1 aliphatic carbocycles. The van der Waals surface area contributed by atoms with E-state index in [0.717, 1.165) is 31.7 Å². The van der Waals surface area contributed by atoms with Crippen molar-refractivity contribution in [3.63, 3.8) is 0 Å². The fourth-order valence-corrected chi connectivity index (χ4v) is 2.81. The molecule has 0 aromatic carbocycles. The number of hydrogen-bond acceptors (Lipinski definition) is 2. The average molecular weight is 254 g/mol. The summed E-state index contributed by atoms with van der Waals surface area (Å²) in [6.45, 7) is 7.22. The van der Waals surface area contributed by atoms with Gasteiger partial charge in [0.2, 0.25) is 5.91 Å². The van der Waals surface area contributed by atoms with Crippen molar-refractivity contribution in [1.82, 2.24) is 5.32 Å². The summed E-state index contributed by atoms with van der Waals surface area (Å²) < 4.78 is 0. The second-order valence-electron chi connectivity index (χ2n) is 6.22. The number of nitrogens with two attached hydrogens (primary N) is 1. The van der Waals surface area contributed by atoms with Crippen molar-refractivity contribution in [2.24, 2.45) is 23.5 Å². The second kappa shape index (κ2) is 7.78. The minimum Gasteiger partial charge on any atom is -0.356 e. The quantitative estimate of drug-likeness (QED) is 0.734. The van der Waals surface area contributed by atoms with Gasteiger partial charge in [0.15, 0.2) is 0 Å². The Kier molecular flexibility index (Phi) is 6.69. The molecule has 3 nitrogen and oxygen atoms in total. The van der Waals surface area contributed by atoms with Gasteiger partial charge >= 0.3 is 0 Å². The van der Waals surface area contributed by atoms with E-state index >= 15 is 0 Å². The van der Waals surface area contributed by atoms with Gasteiger partial charge in [0.05, 0.1) is 0 Å². The summed E-state index contributed by atoms with van der Waals surface area (Å²) in [5.41, 5.74) is 5.71. The predicted molar refractivity (Wildman–Crippen MR) is 76.2 cm³/mol. The molecule has 1 saturated carbocycles. The second-order valence-corrected chi connectivity index (χ2v) is 6.22. The van der Waals surface area contributed by atoms with E-state index in [1.165, 1.54) is 19.3 Å². The van der Waals surface area contributed by atoms with E-state index in [4.69, 9.17) is 5.73 Å². The van der Waals surface area contributed by atoms with E-state index in [9.17, 15) is 4.79 Å². The van der Waals surface area contributed by atoms with Crippen molar-refractivity contribution < 1.29 is 4.79 Å². The molecule has 1 aliphatic rings.